The zero-order valence-electron chi connectivity index (χ0n) is 13.3. The molecule has 1 aromatic heterocycles. The Balaban J connectivity index is 1.93. The molecule has 118 valence electrons. The maximum Gasteiger partial charge on any atom is 0.230 e. The van der Waals surface area contributed by atoms with Gasteiger partial charge in [-0.2, -0.15) is 0 Å². The molecule has 0 radical (unpaired) electrons. The van der Waals surface area contributed by atoms with Crippen LogP contribution in [0.4, 0.5) is 5.69 Å². The Morgan fingerprint density at radius 1 is 1.27 bits per heavy atom. The number of hydrogen-bond acceptors (Lipinski definition) is 4. The highest BCUT2D eigenvalue weighted by molar-refractivity contribution is 7.09. The minimum Gasteiger partial charge on any atom is -0.330 e. The number of thiazole rings is 1. The van der Waals surface area contributed by atoms with Gasteiger partial charge in [-0.25, -0.2) is 4.98 Å². The number of hydrogen-bond donors (Lipinski definition) is 2. The second kappa shape index (κ2) is 7.03. The first-order valence-electron chi connectivity index (χ1n) is 7.42. The molecular weight excluding hydrogens is 294 g/mol. The fourth-order valence-electron chi connectivity index (χ4n) is 2.09. The third kappa shape index (κ3) is 4.64. The Morgan fingerprint density at radius 3 is 2.55 bits per heavy atom. The van der Waals surface area contributed by atoms with E-state index in [0.29, 0.717) is 13.0 Å². The van der Waals surface area contributed by atoms with Gasteiger partial charge >= 0.3 is 0 Å². The maximum atomic E-state index is 12.1. The monoisotopic (exact) mass is 317 g/mol. The number of amides is 1. The van der Waals surface area contributed by atoms with Gasteiger partial charge in [0.2, 0.25) is 5.91 Å². The molecular formula is C17H23N3OS. The Hall–Kier alpha value is -1.72. The summed E-state index contributed by atoms with van der Waals surface area (Å²) in [7, 11) is 0. The fourth-order valence-corrected chi connectivity index (χ4v) is 2.91. The van der Waals surface area contributed by atoms with Crippen molar-refractivity contribution in [1.29, 1.82) is 0 Å². The van der Waals surface area contributed by atoms with Crippen molar-refractivity contribution in [2.24, 2.45) is 5.73 Å². The molecule has 0 aliphatic rings. The van der Waals surface area contributed by atoms with E-state index in [1.165, 1.54) is 5.56 Å². The van der Waals surface area contributed by atoms with E-state index in [9.17, 15) is 4.79 Å². The number of rotatable bonds is 5. The Bertz CT molecular complexity index is 626. The van der Waals surface area contributed by atoms with Crippen molar-refractivity contribution in [1.82, 2.24) is 4.98 Å². The zero-order chi connectivity index (χ0) is 16.2. The molecule has 3 N–H and O–H groups in total. The number of nitrogens with two attached hydrogens (primary N) is 1. The lowest BCUT2D eigenvalue weighted by atomic mass is 9.87. The largest absolute Gasteiger partial charge is 0.330 e. The van der Waals surface area contributed by atoms with Gasteiger partial charge in [-0.1, -0.05) is 32.9 Å². The van der Waals surface area contributed by atoms with Crippen molar-refractivity contribution in [2.45, 2.75) is 39.0 Å². The van der Waals surface area contributed by atoms with Gasteiger partial charge in [0.25, 0.3) is 0 Å². The number of carbonyl (C=O) groups excluding carboxylic acids is 1. The molecule has 0 unspecified atom stereocenters. The summed E-state index contributed by atoms with van der Waals surface area (Å²) >= 11 is 1.56. The van der Waals surface area contributed by atoms with E-state index in [1.54, 1.807) is 11.3 Å². The van der Waals surface area contributed by atoms with Gasteiger partial charge in [0.15, 0.2) is 0 Å². The minimum absolute atomic E-state index is 0.0480. The van der Waals surface area contributed by atoms with Crippen molar-refractivity contribution in [3.63, 3.8) is 0 Å². The number of anilines is 1. The minimum atomic E-state index is -0.0480. The highest BCUT2D eigenvalue weighted by atomic mass is 32.1. The van der Waals surface area contributed by atoms with E-state index >= 15 is 0 Å². The van der Waals surface area contributed by atoms with Crippen LogP contribution >= 0.6 is 11.3 Å². The summed E-state index contributed by atoms with van der Waals surface area (Å²) in [6, 6.07) is 7.99. The molecule has 0 bridgehead atoms. The Kier molecular flexibility index (Phi) is 5.32. The van der Waals surface area contributed by atoms with Crippen LogP contribution in [-0.2, 0) is 23.1 Å². The highest BCUT2D eigenvalue weighted by Crippen LogP contribution is 2.23. The van der Waals surface area contributed by atoms with Crippen LogP contribution in [0.5, 0.6) is 0 Å². The van der Waals surface area contributed by atoms with Crippen molar-refractivity contribution in [2.75, 3.05) is 11.9 Å². The third-order valence-electron chi connectivity index (χ3n) is 3.33. The maximum absolute atomic E-state index is 12.1. The molecule has 5 heteroatoms. The zero-order valence-corrected chi connectivity index (χ0v) is 14.2. The predicted octanol–water partition coefficient (Wildman–Crippen LogP) is 3.12. The lowest BCUT2D eigenvalue weighted by Crippen LogP contribution is -2.15. The summed E-state index contributed by atoms with van der Waals surface area (Å²) in [5.41, 5.74) is 8.48. The first-order chi connectivity index (χ1) is 10.4. The molecule has 0 fully saturated rings. The van der Waals surface area contributed by atoms with Crippen LogP contribution in [-0.4, -0.2) is 17.4 Å². The first kappa shape index (κ1) is 16.6. The van der Waals surface area contributed by atoms with E-state index in [1.807, 2.05) is 17.5 Å². The number of nitrogens with zero attached hydrogens (tertiary/aromatic N) is 1. The lowest BCUT2D eigenvalue weighted by Gasteiger charge is -2.19. The smallest absolute Gasteiger partial charge is 0.230 e. The van der Waals surface area contributed by atoms with E-state index in [2.05, 4.69) is 43.2 Å². The molecule has 1 aromatic carbocycles. The molecule has 0 saturated heterocycles. The molecule has 0 aliphatic carbocycles. The van der Waals surface area contributed by atoms with Crippen LogP contribution in [0, 0.1) is 0 Å². The second-order valence-corrected chi connectivity index (χ2v) is 7.27. The van der Waals surface area contributed by atoms with Gasteiger partial charge in [0.05, 0.1) is 17.1 Å². The van der Waals surface area contributed by atoms with Crippen LogP contribution in [0.2, 0.25) is 0 Å². The van der Waals surface area contributed by atoms with E-state index in [-0.39, 0.29) is 11.3 Å². The summed E-state index contributed by atoms with van der Waals surface area (Å²) in [6.07, 6.45) is 1.06. The summed E-state index contributed by atoms with van der Waals surface area (Å²) < 4.78 is 0. The van der Waals surface area contributed by atoms with Gasteiger partial charge < -0.3 is 11.1 Å². The molecule has 2 aromatic rings. The van der Waals surface area contributed by atoms with E-state index in [4.69, 9.17) is 5.73 Å². The predicted molar refractivity (Wildman–Crippen MR) is 92.3 cm³/mol. The summed E-state index contributed by atoms with van der Waals surface area (Å²) in [4.78, 5) is 16.5. The molecule has 4 nitrogen and oxygen atoms in total. The molecule has 0 aliphatic heterocycles. The first-order valence-corrected chi connectivity index (χ1v) is 8.30. The highest BCUT2D eigenvalue weighted by Gasteiger charge is 2.13. The molecule has 0 atom stereocenters. The Labute approximate surface area is 135 Å². The second-order valence-electron chi connectivity index (χ2n) is 6.32. The quantitative estimate of drug-likeness (QED) is 0.890. The summed E-state index contributed by atoms with van der Waals surface area (Å²) in [5, 5.41) is 5.82. The van der Waals surface area contributed by atoms with Crippen LogP contribution in [0.25, 0.3) is 0 Å². The number of aromatic nitrogens is 1. The van der Waals surface area contributed by atoms with E-state index < -0.39 is 0 Å². The molecule has 2 rings (SSSR count). The van der Waals surface area contributed by atoms with Gasteiger partial charge in [-0.15, -0.1) is 11.3 Å². The van der Waals surface area contributed by atoms with Crippen molar-refractivity contribution in [3.05, 3.63) is 45.9 Å². The summed E-state index contributed by atoms with van der Waals surface area (Å²) in [6.45, 7) is 7.09. The molecule has 1 heterocycles. The van der Waals surface area contributed by atoms with Crippen molar-refractivity contribution in [3.8, 4) is 0 Å². The average Bonchev–Trinajstić information content (AvgIpc) is 2.86. The average molecular weight is 317 g/mol. The number of carbonyl (C=O) groups is 1. The van der Waals surface area contributed by atoms with Crippen LogP contribution in [0.3, 0.4) is 0 Å². The van der Waals surface area contributed by atoms with Gasteiger partial charge in [0, 0.05) is 17.5 Å². The van der Waals surface area contributed by atoms with Gasteiger partial charge in [-0.05, 0) is 29.7 Å². The SMILES string of the molecule is CC(C)(C)c1ccc(NC(=O)Cc2csc(CCN)n2)cc1. The van der Waals surface area contributed by atoms with Crippen molar-refractivity contribution >= 4 is 22.9 Å². The molecule has 1 amide bonds. The standard InChI is InChI=1S/C17H23N3OS/c1-17(2,3)12-4-6-13(7-5-12)19-15(21)10-14-11-22-16(20-14)8-9-18/h4-7,11H,8-10,18H2,1-3H3,(H,19,21). The Morgan fingerprint density at radius 2 is 1.95 bits per heavy atom. The van der Waals surface area contributed by atoms with Crippen LogP contribution < -0.4 is 11.1 Å². The number of nitrogens with one attached hydrogen (secondary N) is 1. The molecule has 0 spiro atoms. The van der Waals surface area contributed by atoms with E-state index in [0.717, 1.165) is 22.8 Å². The van der Waals surface area contributed by atoms with Gasteiger partial charge in [-0.3, -0.25) is 4.79 Å². The van der Waals surface area contributed by atoms with Gasteiger partial charge in [0.1, 0.15) is 0 Å². The fraction of sp³-hybridized carbons (Fsp3) is 0.412. The molecule has 0 saturated carbocycles. The van der Waals surface area contributed by atoms with Crippen molar-refractivity contribution < 1.29 is 4.79 Å². The summed E-state index contributed by atoms with van der Waals surface area (Å²) in [5.74, 6) is -0.0480. The molecule has 22 heavy (non-hydrogen) atoms. The third-order valence-corrected chi connectivity index (χ3v) is 4.29. The van der Waals surface area contributed by atoms with Crippen LogP contribution in [0.1, 0.15) is 37.0 Å². The normalized spacial score (nSPS) is 11.5. The van der Waals surface area contributed by atoms with Crippen LogP contribution in [0.15, 0.2) is 29.6 Å². The number of benzene rings is 1. The lowest BCUT2D eigenvalue weighted by molar-refractivity contribution is -0.115. The topological polar surface area (TPSA) is 68.0 Å².